The fourth-order valence-corrected chi connectivity index (χ4v) is 5.09. The molecule has 3 aromatic rings. The second kappa shape index (κ2) is 13.1. The number of pyridine rings is 1. The monoisotopic (exact) mass is 550 g/mol. The van der Waals surface area contributed by atoms with Crippen LogP contribution in [0.5, 0.6) is 11.5 Å². The average molecular weight is 551 g/mol. The molecule has 0 bridgehead atoms. The predicted molar refractivity (Wildman–Crippen MR) is 154 cm³/mol. The summed E-state index contributed by atoms with van der Waals surface area (Å²) < 4.78 is 25.4. The lowest BCUT2D eigenvalue weighted by Crippen LogP contribution is -2.48. The van der Waals surface area contributed by atoms with Gasteiger partial charge in [0.1, 0.15) is 5.75 Å². The largest absolute Gasteiger partial charge is 0.494 e. The smallest absolute Gasteiger partial charge is 0.224 e. The number of piperazine rings is 1. The Labute approximate surface area is 235 Å². The van der Waals surface area contributed by atoms with Crippen molar-refractivity contribution in [1.82, 2.24) is 20.1 Å². The van der Waals surface area contributed by atoms with Crippen LogP contribution in [0.1, 0.15) is 38.3 Å². The van der Waals surface area contributed by atoms with Crippen molar-refractivity contribution in [1.29, 1.82) is 0 Å². The van der Waals surface area contributed by atoms with Gasteiger partial charge in [-0.1, -0.05) is 0 Å². The van der Waals surface area contributed by atoms with Crippen molar-refractivity contribution in [3.63, 3.8) is 0 Å². The fourth-order valence-electron chi connectivity index (χ4n) is 5.09. The first-order valence-corrected chi connectivity index (χ1v) is 13.8. The highest BCUT2D eigenvalue weighted by molar-refractivity contribution is 5.91. The topological polar surface area (TPSA) is 84.0 Å². The third-order valence-electron chi connectivity index (χ3n) is 7.26. The summed E-state index contributed by atoms with van der Waals surface area (Å²) in [6, 6.07) is 10.4. The van der Waals surface area contributed by atoms with Gasteiger partial charge in [0.15, 0.2) is 11.6 Å². The molecule has 8 nitrogen and oxygen atoms in total. The maximum Gasteiger partial charge on any atom is 0.224 e. The normalized spacial score (nSPS) is 14.0. The number of hydrogen-bond donors (Lipinski definition) is 1. The Morgan fingerprint density at radius 2 is 1.85 bits per heavy atom. The van der Waals surface area contributed by atoms with Crippen molar-refractivity contribution in [3.05, 3.63) is 53.3 Å². The summed E-state index contributed by atoms with van der Waals surface area (Å²) in [5, 5.41) is 3.86. The van der Waals surface area contributed by atoms with E-state index in [4.69, 9.17) is 14.5 Å². The van der Waals surface area contributed by atoms with Crippen LogP contribution >= 0.6 is 0 Å². The number of halogens is 1. The number of carbonyl (C=O) groups is 2. The van der Waals surface area contributed by atoms with Crippen molar-refractivity contribution in [2.75, 3.05) is 46.4 Å². The lowest BCUT2D eigenvalue weighted by Gasteiger charge is -2.34. The molecular weight excluding hydrogens is 511 g/mol. The number of benzene rings is 2. The van der Waals surface area contributed by atoms with Crippen LogP contribution in [0, 0.1) is 12.7 Å². The number of carbonyl (C=O) groups excluding carboxylic acids is 2. The molecule has 2 heterocycles. The van der Waals surface area contributed by atoms with Gasteiger partial charge in [-0.15, -0.1) is 0 Å². The number of nitrogens with one attached hydrogen (secondary N) is 1. The maximum absolute atomic E-state index is 14.2. The molecule has 0 saturated carbocycles. The van der Waals surface area contributed by atoms with Gasteiger partial charge in [-0.2, -0.15) is 0 Å². The van der Waals surface area contributed by atoms with Crippen LogP contribution in [0.25, 0.3) is 22.2 Å². The number of fused-ring (bicyclic) bond motifs is 1. The van der Waals surface area contributed by atoms with Crippen LogP contribution in [0.2, 0.25) is 0 Å². The molecule has 9 heteroatoms. The number of rotatable bonds is 10. The molecule has 0 spiro atoms. The molecule has 0 radical (unpaired) electrons. The lowest BCUT2D eigenvalue weighted by molar-refractivity contribution is -0.130. The summed E-state index contributed by atoms with van der Waals surface area (Å²) in [7, 11) is 1.42. The van der Waals surface area contributed by atoms with E-state index in [-0.39, 0.29) is 30.0 Å². The highest BCUT2D eigenvalue weighted by Crippen LogP contribution is 2.34. The number of nitrogens with zero attached hydrogens (tertiary/aromatic N) is 3. The number of hydrogen-bond acceptors (Lipinski definition) is 6. The summed E-state index contributed by atoms with van der Waals surface area (Å²) in [5.41, 5.74) is 3.78. The third-order valence-corrected chi connectivity index (χ3v) is 7.26. The molecule has 4 rings (SSSR count). The molecule has 0 aliphatic carbocycles. The molecule has 0 unspecified atom stereocenters. The molecule has 1 aromatic heterocycles. The molecule has 0 atom stereocenters. The molecule has 1 N–H and O–H groups in total. The van der Waals surface area contributed by atoms with E-state index in [9.17, 15) is 14.0 Å². The van der Waals surface area contributed by atoms with Crippen molar-refractivity contribution < 1.29 is 23.5 Å². The van der Waals surface area contributed by atoms with Gasteiger partial charge in [0, 0.05) is 56.6 Å². The van der Waals surface area contributed by atoms with Gasteiger partial charge in [0.05, 0.1) is 31.3 Å². The minimum absolute atomic E-state index is 0.00796. The van der Waals surface area contributed by atoms with E-state index in [0.29, 0.717) is 17.9 Å². The van der Waals surface area contributed by atoms with Gasteiger partial charge in [-0.3, -0.25) is 14.5 Å². The second-order valence-corrected chi connectivity index (χ2v) is 10.5. The van der Waals surface area contributed by atoms with Crippen molar-refractivity contribution in [2.24, 2.45) is 0 Å². The lowest BCUT2D eigenvalue weighted by atomic mass is 9.95. The molecule has 2 amide bonds. The fraction of sp³-hybridized carbons (Fsp3) is 0.452. The van der Waals surface area contributed by atoms with Gasteiger partial charge in [0.25, 0.3) is 0 Å². The standard InChI is InChI=1S/C31H39FN4O4/c1-20(2)33-30(38)19-26-21(3)25-18-24(40-16-6-11-35-12-14-36(15-13-35)22(4)37)8-10-28(25)34-31(26)23-7-9-27(32)29(17-23)39-5/h7-10,17-18,20H,6,11-16,19H2,1-5H3,(H,33,38). The predicted octanol–water partition coefficient (Wildman–Crippen LogP) is 4.36. The molecule has 2 aromatic carbocycles. The third kappa shape index (κ3) is 7.07. The minimum atomic E-state index is -0.456. The number of aryl methyl sites for hydroxylation is 1. The minimum Gasteiger partial charge on any atom is -0.494 e. The SMILES string of the molecule is COc1cc(-c2nc3ccc(OCCCN4CCN(C(C)=O)CC4)cc3c(C)c2CC(=O)NC(C)C)ccc1F. The zero-order valence-corrected chi connectivity index (χ0v) is 24.1. The molecule has 40 heavy (non-hydrogen) atoms. The Hall–Kier alpha value is -3.72. The van der Waals surface area contributed by atoms with Gasteiger partial charge in [-0.25, -0.2) is 9.37 Å². The Balaban J connectivity index is 1.54. The Bertz CT molecular complexity index is 1370. The van der Waals surface area contributed by atoms with Crippen molar-refractivity contribution in [2.45, 2.75) is 46.6 Å². The quantitative estimate of drug-likeness (QED) is 0.378. The highest BCUT2D eigenvalue weighted by Gasteiger charge is 2.20. The van der Waals surface area contributed by atoms with E-state index in [1.807, 2.05) is 43.9 Å². The molecule has 214 valence electrons. The maximum atomic E-state index is 14.2. The van der Waals surface area contributed by atoms with Crippen molar-refractivity contribution in [3.8, 4) is 22.8 Å². The number of methoxy groups -OCH3 is 1. The van der Waals surface area contributed by atoms with Gasteiger partial charge in [0.2, 0.25) is 11.8 Å². The average Bonchev–Trinajstić information content (AvgIpc) is 2.93. The molecule has 1 fully saturated rings. The molecule has 1 aliphatic heterocycles. The van der Waals surface area contributed by atoms with Crippen LogP contribution in [-0.4, -0.2) is 79.1 Å². The number of amides is 2. The first-order valence-electron chi connectivity index (χ1n) is 13.8. The van der Waals surface area contributed by atoms with E-state index in [1.165, 1.54) is 13.2 Å². The van der Waals surface area contributed by atoms with Crippen LogP contribution in [0.15, 0.2) is 36.4 Å². The molecular formula is C31H39FN4O4. The second-order valence-electron chi connectivity index (χ2n) is 10.5. The number of aromatic nitrogens is 1. The first-order chi connectivity index (χ1) is 19.2. The van der Waals surface area contributed by atoms with Gasteiger partial charge >= 0.3 is 0 Å². The summed E-state index contributed by atoms with van der Waals surface area (Å²) in [6.45, 7) is 12.3. The van der Waals surface area contributed by atoms with E-state index in [2.05, 4.69) is 10.2 Å². The van der Waals surface area contributed by atoms with E-state index in [0.717, 1.165) is 66.9 Å². The van der Waals surface area contributed by atoms with Gasteiger partial charge < -0.3 is 19.7 Å². The highest BCUT2D eigenvalue weighted by atomic mass is 19.1. The van der Waals surface area contributed by atoms with Gasteiger partial charge in [-0.05, 0) is 74.7 Å². The molecule has 1 aliphatic rings. The Morgan fingerprint density at radius 1 is 1.10 bits per heavy atom. The van der Waals surface area contributed by atoms with Crippen LogP contribution in [0.3, 0.4) is 0 Å². The number of ether oxygens (including phenoxy) is 2. The summed E-state index contributed by atoms with van der Waals surface area (Å²) in [5.74, 6) is 0.443. The van der Waals surface area contributed by atoms with Crippen LogP contribution < -0.4 is 14.8 Å². The first kappa shape index (κ1) is 29.3. The van der Waals surface area contributed by atoms with E-state index in [1.54, 1.807) is 19.1 Å². The van der Waals surface area contributed by atoms with Crippen LogP contribution in [0.4, 0.5) is 4.39 Å². The van der Waals surface area contributed by atoms with Crippen LogP contribution in [-0.2, 0) is 16.0 Å². The Kier molecular flexibility index (Phi) is 9.58. The zero-order chi connectivity index (χ0) is 28.8. The summed E-state index contributed by atoms with van der Waals surface area (Å²) in [4.78, 5) is 33.5. The summed E-state index contributed by atoms with van der Waals surface area (Å²) >= 11 is 0. The van der Waals surface area contributed by atoms with E-state index < -0.39 is 5.82 Å². The zero-order valence-electron chi connectivity index (χ0n) is 24.1. The van der Waals surface area contributed by atoms with Crippen molar-refractivity contribution >= 4 is 22.7 Å². The van der Waals surface area contributed by atoms with E-state index >= 15 is 0 Å². The summed E-state index contributed by atoms with van der Waals surface area (Å²) in [6.07, 6.45) is 1.02. The molecule has 1 saturated heterocycles. The Morgan fingerprint density at radius 3 is 2.52 bits per heavy atom.